The normalized spacial score (nSPS) is 15.2. The molecule has 78 valence electrons. The van der Waals surface area contributed by atoms with Crippen LogP contribution >= 0.6 is 15.9 Å². The van der Waals surface area contributed by atoms with E-state index < -0.39 is 6.10 Å². The van der Waals surface area contributed by atoms with Crippen LogP contribution in [0, 0.1) is 5.82 Å². The topological polar surface area (TPSA) is 46.2 Å². The van der Waals surface area contributed by atoms with Crippen molar-refractivity contribution in [3.05, 3.63) is 34.1 Å². The van der Waals surface area contributed by atoms with E-state index in [0.717, 1.165) is 0 Å². The van der Waals surface area contributed by atoms with E-state index in [9.17, 15) is 9.50 Å². The lowest BCUT2D eigenvalue weighted by Crippen LogP contribution is -2.27. The highest BCUT2D eigenvalue weighted by Gasteiger charge is 2.18. The molecule has 0 aliphatic rings. The number of aliphatic hydroxyl groups is 1. The van der Waals surface area contributed by atoms with Crippen molar-refractivity contribution >= 4 is 15.9 Å². The molecule has 1 aromatic carbocycles. The van der Waals surface area contributed by atoms with E-state index in [4.69, 9.17) is 5.73 Å². The Morgan fingerprint density at radius 2 is 2.21 bits per heavy atom. The molecule has 0 heterocycles. The number of hydrogen-bond acceptors (Lipinski definition) is 2. The van der Waals surface area contributed by atoms with Gasteiger partial charge in [-0.3, -0.25) is 0 Å². The molecule has 0 saturated heterocycles. The summed E-state index contributed by atoms with van der Waals surface area (Å²) in [7, 11) is 0. The van der Waals surface area contributed by atoms with Crippen molar-refractivity contribution < 1.29 is 9.50 Å². The van der Waals surface area contributed by atoms with Gasteiger partial charge in [-0.05, 0) is 30.2 Å². The Bertz CT molecular complexity index is 319. The molecule has 0 aliphatic carbocycles. The standard InChI is InChI=1S/C10H13BrFNO/c1-2-9(13)10(14)7-5-6(12)3-4-8(7)11/h3-5,9-10,14H,2,13H2,1H3. The summed E-state index contributed by atoms with van der Waals surface area (Å²) in [6.45, 7) is 1.88. The zero-order chi connectivity index (χ0) is 10.7. The second kappa shape index (κ2) is 4.87. The van der Waals surface area contributed by atoms with Gasteiger partial charge in [0.2, 0.25) is 0 Å². The van der Waals surface area contributed by atoms with Gasteiger partial charge in [0.25, 0.3) is 0 Å². The van der Waals surface area contributed by atoms with E-state index in [2.05, 4.69) is 15.9 Å². The van der Waals surface area contributed by atoms with Gasteiger partial charge >= 0.3 is 0 Å². The molecule has 1 rings (SSSR count). The van der Waals surface area contributed by atoms with Crippen molar-refractivity contribution in [3.8, 4) is 0 Å². The lowest BCUT2D eigenvalue weighted by atomic mass is 10.0. The summed E-state index contributed by atoms with van der Waals surface area (Å²) < 4.78 is 13.6. The van der Waals surface area contributed by atoms with Crippen LogP contribution in [0.25, 0.3) is 0 Å². The highest BCUT2D eigenvalue weighted by atomic mass is 79.9. The molecule has 2 unspecified atom stereocenters. The zero-order valence-corrected chi connectivity index (χ0v) is 9.46. The number of halogens is 2. The zero-order valence-electron chi connectivity index (χ0n) is 7.87. The second-order valence-corrected chi connectivity index (χ2v) is 4.04. The fourth-order valence-corrected chi connectivity index (χ4v) is 1.68. The number of benzene rings is 1. The Labute approximate surface area is 91.1 Å². The van der Waals surface area contributed by atoms with E-state index in [1.54, 1.807) is 6.07 Å². The molecule has 0 aromatic heterocycles. The van der Waals surface area contributed by atoms with Crippen LogP contribution in [-0.2, 0) is 0 Å². The summed E-state index contributed by atoms with van der Waals surface area (Å²) in [5, 5.41) is 9.77. The molecule has 1 aromatic rings. The van der Waals surface area contributed by atoms with E-state index >= 15 is 0 Å². The summed E-state index contributed by atoms with van der Waals surface area (Å²) in [6, 6.07) is 3.83. The van der Waals surface area contributed by atoms with Crippen LogP contribution < -0.4 is 5.73 Å². The van der Waals surface area contributed by atoms with Crippen molar-refractivity contribution in [1.82, 2.24) is 0 Å². The Morgan fingerprint density at radius 1 is 1.57 bits per heavy atom. The summed E-state index contributed by atoms with van der Waals surface area (Å²) in [5.41, 5.74) is 6.17. The molecule has 0 amide bonds. The maximum Gasteiger partial charge on any atom is 0.123 e. The van der Waals surface area contributed by atoms with Crippen molar-refractivity contribution in [2.75, 3.05) is 0 Å². The number of nitrogens with two attached hydrogens (primary N) is 1. The first-order chi connectivity index (χ1) is 6.56. The number of aliphatic hydroxyl groups excluding tert-OH is 1. The minimum atomic E-state index is -0.829. The molecule has 2 atom stereocenters. The minimum Gasteiger partial charge on any atom is -0.387 e. The maximum atomic E-state index is 12.9. The van der Waals surface area contributed by atoms with Crippen LogP contribution in [0.2, 0.25) is 0 Å². The molecule has 0 spiro atoms. The molecule has 2 nitrogen and oxygen atoms in total. The quantitative estimate of drug-likeness (QED) is 0.878. The molecule has 0 aliphatic heterocycles. The average Bonchev–Trinajstić information content (AvgIpc) is 2.19. The third-order valence-corrected chi connectivity index (χ3v) is 2.88. The van der Waals surface area contributed by atoms with Gasteiger partial charge in [-0.2, -0.15) is 0 Å². The lowest BCUT2D eigenvalue weighted by molar-refractivity contribution is 0.143. The van der Waals surface area contributed by atoms with Crippen molar-refractivity contribution in [2.45, 2.75) is 25.5 Å². The van der Waals surface area contributed by atoms with E-state index in [1.165, 1.54) is 12.1 Å². The van der Waals surface area contributed by atoms with Gasteiger partial charge in [0.15, 0.2) is 0 Å². The molecule has 14 heavy (non-hydrogen) atoms. The SMILES string of the molecule is CCC(N)C(O)c1cc(F)ccc1Br. The predicted molar refractivity (Wildman–Crippen MR) is 57.3 cm³/mol. The average molecular weight is 262 g/mol. The van der Waals surface area contributed by atoms with Gasteiger partial charge in [0.05, 0.1) is 6.10 Å². The van der Waals surface area contributed by atoms with Crippen LogP contribution in [-0.4, -0.2) is 11.1 Å². The molecular formula is C10H13BrFNO. The van der Waals surface area contributed by atoms with Crippen molar-refractivity contribution in [1.29, 1.82) is 0 Å². The number of hydrogen-bond donors (Lipinski definition) is 2. The Kier molecular flexibility index (Phi) is 4.04. The first kappa shape index (κ1) is 11.6. The maximum absolute atomic E-state index is 12.9. The first-order valence-electron chi connectivity index (χ1n) is 4.44. The van der Waals surface area contributed by atoms with Gasteiger partial charge < -0.3 is 10.8 Å². The van der Waals surface area contributed by atoms with E-state index in [-0.39, 0.29) is 11.9 Å². The van der Waals surface area contributed by atoms with Gasteiger partial charge in [-0.1, -0.05) is 22.9 Å². The van der Waals surface area contributed by atoms with Gasteiger partial charge in [-0.15, -0.1) is 0 Å². The van der Waals surface area contributed by atoms with Crippen LogP contribution in [0.15, 0.2) is 22.7 Å². The fourth-order valence-electron chi connectivity index (χ4n) is 1.20. The van der Waals surface area contributed by atoms with Crippen molar-refractivity contribution in [2.24, 2.45) is 5.73 Å². The third kappa shape index (κ3) is 2.53. The predicted octanol–water partition coefficient (Wildman–Crippen LogP) is 2.36. The van der Waals surface area contributed by atoms with Crippen LogP contribution in [0.1, 0.15) is 25.0 Å². The molecule has 0 bridgehead atoms. The molecule has 0 radical (unpaired) electrons. The summed E-state index contributed by atoms with van der Waals surface area (Å²) in [4.78, 5) is 0. The molecule has 0 saturated carbocycles. The van der Waals surface area contributed by atoms with E-state index in [0.29, 0.717) is 16.5 Å². The van der Waals surface area contributed by atoms with Crippen LogP contribution in [0.4, 0.5) is 4.39 Å². The minimum absolute atomic E-state index is 0.368. The Hall–Kier alpha value is -0.450. The largest absolute Gasteiger partial charge is 0.387 e. The van der Waals surface area contributed by atoms with Crippen LogP contribution in [0.3, 0.4) is 0 Å². The summed E-state index contributed by atoms with van der Waals surface area (Å²) in [5.74, 6) is -0.370. The van der Waals surface area contributed by atoms with Gasteiger partial charge in [0.1, 0.15) is 5.82 Å². The summed E-state index contributed by atoms with van der Waals surface area (Å²) in [6.07, 6.45) is -0.186. The monoisotopic (exact) mass is 261 g/mol. The van der Waals surface area contributed by atoms with Gasteiger partial charge in [0, 0.05) is 10.5 Å². The second-order valence-electron chi connectivity index (χ2n) is 3.18. The third-order valence-electron chi connectivity index (χ3n) is 2.15. The van der Waals surface area contributed by atoms with Gasteiger partial charge in [-0.25, -0.2) is 4.39 Å². The highest BCUT2D eigenvalue weighted by Crippen LogP contribution is 2.26. The van der Waals surface area contributed by atoms with Crippen LogP contribution in [0.5, 0.6) is 0 Å². The Morgan fingerprint density at radius 3 is 2.79 bits per heavy atom. The molecule has 3 N–H and O–H groups in total. The molecule has 0 fully saturated rings. The Balaban J connectivity index is 2.99. The smallest absolute Gasteiger partial charge is 0.123 e. The lowest BCUT2D eigenvalue weighted by Gasteiger charge is -2.18. The molecular weight excluding hydrogens is 249 g/mol. The first-order valence-corrected chi connectivity index (χ1v) is 5.24. The summed E-state index contributed by atoms with van der Waals surface area (Å²) >= 11 is 3.25. The molecule has 4 heteroatoms. The fraction of sp³-hybridized carbons (Fsp3) is 0.400. The van der Waals surface area contributed by atoms with E-state index in [1.807, 2.05) is 6.92 Å². The number of rotatable bonds is 3. The highest BCUT2D eigenvalue weighted by molar-refractivity contribution is 9.10. The van der Waals surface area contributed by atoms with Crippen molar-refractivity contribution in [3.63, 3.8) is 0 Å².